The standard InChI is InChI=1S/C17H22N2O/c1-2-17(20)18-14-8-6-13(7-9-14)16-11-10-15-5-3-4-12-19(15)16/h2,6-9,15-16H,1,3-5,10-12H2,(H,18,20). The second-order valence-electron chi connectivity index (χ2n) is 5.80. The van der Waals surface area contributed by atoms with Crippen molar-refractivity contribution in [3.05, 3.63) is 42.5 Å². The van der Waals surface area contributed by atoms with Crippen LogP contribution in [-0.2, 0) is 4.79 Å². The molecule has 2 aliphatic heterocycles. The number of piperidine rings is 1. The van der Waals surface area contributed by atoms with Crippen molar-refractivity contribution >= 4 is 11.6 Å². The fraction of sp³-hybridized carbons (Fsp3) is 0.471. The lowest BCUT2D eigenvalue weighted by atomic mass is 10.0. The molecule has 2 unspecified atom stereocenters. The van der Waals surface area contributed by atoms with Crippen LogP contribution < -0.4 is 5.32 Å². The number of benzene rings is 1. The van der Waals surface area contributed by atoms with Gasteiger partial charge in [-0.15, -0.1) is 0 Å². The largest absolute Gasteiger partial charge is 0.323 e. The highest BCUT2D eigenvalue weighted by atomic mass is 16.1. The van der Waals surface area contributed by atoms with Gasteiger partial charge in [-0.25, -0.2) is 0 Å². The Morgan fingerprint density at radius 1 is 1.20 bits per heavy atom. The second-order valence-corrected chi connectivity index (χ2v) is 5.80. The van der Waals surface area contributed by atoms with Crippen molar-refractivity contribution in [1.29, 1.82) is 0 Å². The van der Waals surface area contributed by atoms with Gasteiger partial charge in [-0.2, -0.15) is 0 Å². The summed E-state index contributed by atoms with van der Waals surface area (Å²) in [6.07, 6.45) is 7.98. The summed E-state index contributed by atoms with van der Waals surface area (Å²) in [5, 5.41) is 2.80. The molecule has 0 spiro atoms. The molecule has 106 valence electrons. The van der Waals surface area contributed by atoms with E-state index in [1.54, 1.807) is 0 Å². The first-order valence-corrected chi connectivity index (χ1v) is 7.57. The molecule has 0 bridgehead atoms. The van der Waals surface area contributed by atoms with E-state index in [9.17, 15) is 4.79 Å². The Hall–Kier alpha value is -1.61. The SMILES string of the molecule is C=CC(=O)Nc1ccc(C2CCC3CCCCN32)cc1. The molecule has 3 heteroatoms. The molecule has 1 aromatic carbocycles. The minimum absolute atomic E-state index is 0.158. The van der Waals surface area contributed by atoms with Gasteiger partial charge in [0.15, 0.2) is 0 Å². The van der Waals surface area contributed by atoms with E-state index in [0.29, 0.717) is 6.04 Å². The first-order valence-electron chi connectivity index (χ1n) is 7.57. The first-order chi connectivity index (χ1) is 9.78. The maximum atomic E-state index is 11.3. The summed E-state index contributed by atoms with van der Waals surface area (Å²) in [5.74, 6) is -0.158. The molecule has 2 aliphatic rings. The molecule has 3 nitrogen and oxygen atoms in total. The molecule has 2 heterocycles. The van der Waals surface area contributed by atoms with Gasteiger partial charge in [0.25, 0.3) is 0 Å². The molecule has 0 aromatic heterocycles. The Labute approximate surface area is 120 Å². The van der Waals surface area contributed by atoms with E-state index in [-0.39, 0.29) is 5.91 Å². The number of fused-ring (bicyclic) bond motifs is 1. The van der Waals surface area contributed by atoms with Crippen molar-refractivity contribution in [1.82, 2.24) is 4.90 Å². The molecule has 1 N–H and O–H groups in total. The van der Waals surface area contributed by atoms with Crippen molar-refractivity contribution in [3.63, 3.8) is 0 Å². The van der Waals surface area contributed by atoms with Crippen molar-refractivity contribution in [2.24, 2.45) is 0 Å². The van der Waals surface area contributed by atoms with Crippen LogP contribution in [0.15, 0.2) is 36.9 Å². The third-order valence-electron chi connectivity index (χ3n) is 4.59. The number of carbonyl (C=O) groups is 1. The molecule has 0 saturated carbocycles. The van der Waals surface area contributed by atoms with Gasteiger partial charge in [0.1, 0.15) is 0 Å². The van der Waals surface area contributed by atoms with Crippen molar-refractivity contribution in [3.8, 4) is 0 Å². The summed E-state index contributed by atoms with van der Waals surface area (Å²) in [5.41, 5.74) is 2.22. The van der Waals surface area contributed by atoms with Crippen LogP contribution in [-0.4, -0.2) is 23.4 Å². The van der Waals surface area contributed by atoms with Crippen LogP contribution in [0.25, 0.3) is 0 Å². The predicted molar refractivity (Wildman–Crippen MR) is 81.6 cm³/mol. The van der Waals surface area contributed by atoms with Gasteiger partial charge in [-0.3, -0.25) is 9.69 Å². The smallest absolute Gasteiger partial charge is 0.247 e. The van der Waals surface area contributed by atoms with E-state index in [4.69, 9.17) is 0 Å². The van der Waals surface area contributed by atoms with Gasteiger partial charge >= 0.3 is 0 Å². The summed E-state index contributed by atoms with van der Waals surface area (Å²) in [6, 6.07) is 9.67. The first kappa shape index (κ1) is 13.4. The second kappa shape index (κ2) is 5.80. The molecule has 2 fully saturated rings. The fourth-order valence-electron chi connectivity index (χ4n) is 3.60. The number of hydrogen-bond donors (Lipinski definition) is 1. The number of rotatable bonds is 3. The Balaban J connectivity index is 1.71. The third-order valence-corrected chi connectivity index (χ3v) is 4.59. The Morgan fingerprint density at radius 2 is 2.00 bits per heavy atom. The molecular formula is C17H22N2O. The Bertz CT molecular complexity index is 494. The molecule has 3 rings (SSSR count). The van der Waals surface area contributed by atoms with Gasteiger partial charge in [-0.05, 0) is 56.0 Å². The van der Waals surface area contributed by atoms with Crippen molar-refractivity contribution in [2.45, 2.75) is 44.2 Å². The van der Waals surface area contributed by atoms with Crippen LogP contribution in [0.2, 0.25) is 0 Å². The maximum absolute atomic E-state index is 11.3. The number of amides is 1. The lowest BCUT2D eigenvalue weighted by molar-refractivity contribution is -0.111. The van der Waals surface area contributed by atoms with Crippen LogP contribution in [0.3, 0.4) is 0 Å². The zero-order valence-electron chi connectivity index (χ0n) is 11.8. The summed E-state index contributed by atoms with van der Waals surface area (Å²) >= 11 is 0. The molecule has 2 saturated heterocycles. The lowest BCUT2D eigenvalue weighted by Crippen LogP contribution is -2.35. The molecule has 1 aromatic rings. The highest BCUT2D eigenvalue weighted by Gasteiger charge is 2.35. The molecule has 20 heavy (non-hydrogen) atoms. The van der Waals surface area contributed by atoms with E-state index >= 15 is 0 Å². The van der Waals surface area contributed by atoms with Crippen LogP contribution in [0, 0.1) is 0 Å². The summed E-state index contributed by atoms with van der Waals surface area (Å²) in [6.45, 7) is 4.70. The molecule has 0 radical (unpaired) electrons. The van der Waals surface area contributed by atoms with E-state index in [0.717, 1.165) is 11.7 Å². The van der Waals surface area contributed by atoms with Crippen molar-refractivity contribution < 1.29 is 4.79 Å². The van der Waals surface area contributed by atoms with Crippen LogP contribution in [0.1, 0.15) is 43.7 Å². The Kier molecular flexibility index (Phi) is 3.88. The van der Waals surface area contributed by atoms with Gasteiger partial charge < -0.3 is 5.32 Å². The van der Waals surface area contributed by atoms with E-state index < -0.39 is 0 Å². The van der Waals surface area contributed by atoms with Gasteiger partial charge in [0.05, 0.1) is 0 Å². The number of nitrogens with one attached hydrogen (secondary N) is 1. The normalized spacial score (nSPS) is 26.0. The third kappa shape index (κ3) is 2.63. The van der Waals surface area contributed by atoms with E-state index in [2.05, 4.69) is 28.9 Å². The van der Waals surface area contributed by atoms with Crippen molar-refractivity contribution in [2.75, 3.05) is 11.9 Å². The van der Waals surface area contributed by atoms with Gasteiger partial charge in [0, 0.05) is 17.8 Å². The topological polar surface area (TPSA) is 32.3 Å². The number of nitrogens with zero attached hydrogens (tertiary/aromatic N) is 1. The summed E-state index contributed by atoms with van der Waals surface area (Å²) < 4.78 is 0. The zero-order chi connectivity index (χ0) is 13.9. The van der Waals surface area contributed by atoms with E-state index in [1.165, 1.54) is 50.3 Å². The maximum Gasteiger partial charge on any atom is 0.247 e. The zero-order valence-corrected chi connectivity index (χ0v) is 11.8. The van der Waals surface area contributed by atoms with Gasteiger partial charge in [0.2, 0.25) is 5.91 Å². The van der Waals surface area contributed by atoms with Crippen LogP contribution in [0.4, 0.5) is 5.69 Å². The number of anilines is 1. The molecule has 1 amide bonds. The predicted octanol–water partition coefficient (Wildman–Crippen LogP) is 3.50. The molecule has 0 aliphatic carbocycles. The molecular weight excluding hydrogens is 248 g/mol. The summed E-state index contributed by atoms with van der Waals surface area (Å²) in [7, 11) is 0. The monoisotopic (exact) mass is 270 g/mol. The van der Waals surface area contributed by atoms with E-state index in [1.807, 2.05) is 12.1 Å². The molecule has 2 atom stereocenters. The minimum atomic E-state index is -0.158. The fourth-order valence-corrected chi connectivity index (χ4v) is 3.60. The Morgan fingerprint density at radius 3 is 2.75 bits per heavy atom. The average molecular weight is 270 g/mol. The highest BCUT2D eigenvalue weighted by Crippen LogP contribution is 2.40. The average Bonchev–Trinajstić information content (AvgIpc) is 2.92. The van der Waals surface area contributed by atoms with Gasteiger partial charge in [-0.1, -0.05) is 25.1 Å². The van der Waals surface area contributed by atoms with Crippen LogP contribution >= 0.6 is 0 Å². The van der Waals surface area contributed by atoms with Crippen LogP contribution in [0.5, 0.6) is 0 Å². The summed E-state index contributed by atoms with van der Waals surface area (Å²) in [4.78, 5) is 14.0. The quantitative estimate of drug-likeness (QED) is 0.853. The number of carbonyl (C=O) groups excluding carboxylic acids is 1. The number of hydrogen-bond acceptors (Lipinski definition) is 2. The minimum Gasteiger partial charge on any atom is -0.323 e. The lowest BCUT2D eigenvalue weighted by Gasteiger charge is -2.34. The highest BCUT2D eigenvalue weighted by molar-refractivity contribution is 5.98.